The van der Waals surface area contributed by atoms with E-state index in [4.69, 9.17) is 15.5 Å². The third kappa shape index (κ3) is 4.13. The van der Waals surface area contributed by atoms with E-state index in [1.165, 1.54) is 18.4 Å². The minimum absolute atomic E-state index is 0.0425. The number of carbonyl (C=O) groups is 2. The Kier molecular flexibility index (Phi) is 5.25. The van der Waals surface area contributed by atoms with Crippen molar-refractivity contribution in [1.82, 2.24) is 19.4 Å². The summed E-state index contributed by atoms with van der Waals surface area (Å²) in [4.78, 5) is 37.6. The quantitative estimate of drug-likeness (QED) is 0.760. The Bertz CT molecular complexity index is 1080. The molecule has 2 saturated carbocycles. The van der Waals surface area contributed by atoms with Crippen molar-refractivity contribution < 1.29 is 14.3 Å². The van der Waals surface area contributed by atoms with Crippen LogP contribution in [0.4, 0.5) is 10.6 Å². The van der Waals surface area contributed by atoms with Crippen molar-refractivity contribution in [3.8, 4) is 0 Å². The van der Waals surface area contributed by atoms with Crippen molar-refractivity contribution in [1.29, 1.82) is 0 Å². The lowest BCUT2D eigenvalue weighted by molar-refractivity contribution is -0.125. The summed E-state index contributed by atoms with van der Waals surface area (Å²) in [6.45, 7) is 9.66. The highest BCUT2D eigenvalue weighted by Crippen LogP contribution is 2.48. The van der Waals surface area contributed by atoms with Gasteiger partial charge in [-0.05, 0) is 64.9 Å². The topological polar surface area (TPSA) is 107 Å². The lowest BCUT2D eigenvalue weighted by atomic mass is 9.79. The number of hydrogen-bond donors (Lipinski definition) is 1. The molecule has 0 bridgehead atoms. The van der Waals surface area contributed by atoms with E-state index in [9.17, 15) is 9.59 Å². The fraction of sp³-hybridized carbons (Fsp3) is 0.667. The van der Waals surface area contributed by atoms with Gasteiger partial charge in [0.25, 0.3) is 0 Å². The smallest absolute Gasteiger partial charge is 0.410 e. The highest BCUT2D eigenvalue weighted by molar-refractivity contribution is 5.92. The van der Waals surface area contributed by atoms with Crippen molar-refractivity contribution in [2.75, 3.05) is 24.5 Å². The van der Waals surface area contributed by atoms with E-state index in [1.54, 1.807) is 11.2 Å². The van der Waals surface area contributed by atoms with Crippen LogP contribution in [0.5, 0.6) is 0 Å². The number of piperazine rings is 1. The molecule has 2 aromatic rings. The SMILES string of the molecule is CC1CN(C(=O)OC(C)(C)C)CCN1c1ncnc2c1c(C1CC1)cn2C1CC(C(N)=O)C1. The second-order valence-corrected chi connectivity index (χ2v) is 10.9. The summed E-state index contributed by atoms with van der Waals surface area (Å²) < 4.78 is 7.82. The van der Waals surface area contributed by atoms with Crippen molar-refractivity contribution in [2.24, 2.45) is 11.7 Å². The molecule has 178 valence electrons. The Morgan fingerprint density at radius 1 is 1.15 bits per heavy atom. The Labute approximate surface area is 194 Å². The van der Waals surface area contributed by atoms with Crippen LogP contribution in [0, 0.1) is 5.92 Å². The average molecular weight is 455 g/mol. The summed E-state index contributed by atoms with van der Waals surface area (Å²) in [5.41, 5.74) is 7.24. The molecule has 0 aromatic carbocycles. The first-order valence-electron chi connectivity index (χ1n) is 12.0. The van der Waals surface area contributed by atoms with Gasteiger partial charge in [0, 0.05) is 43.8 Å². The third-order valence-electron chi connectivity index (χ3n) is 7.10. The Morgan fingerprint density at radius 2 is 1.88 bits per heavy atom. The normalized spacial score (nSPS) is 25.8. The minimum atomic E-state index is -0.507. The predicted octanol–water partition coefficient (Wildman–Crippen LogP) is 3.19. The molecule has 2 aromatic heterocycles. The first kappa shape index (κ1) is 22.0. The minimum Gasteiger partial charge on any atom is -0.444 e. The first-order chi connectivity index (χ1) is 15.6. The molecule has 1 unspecified atom stereocenters. The van der Waals surface area contributed by atoms with Crippen LogP contribution >= 0.6 is 0 Å². The fourth-order valence-electron chi connectivity index (χ4n) is 5.11. The number of fused-ring (bicyclic) bond motifs is 1. The maximum Gasteiger partial charge on any atom is 0.410 e. The van der Waals surface area contributed by atoms with Crippen molar-refractivity contribution in [3.05, 3.63) is 18.1 Å². The number of primary amides is 1. The fourth-order valence-corrected chi connectivity index (χ4v) is 5.11. The molecule has 2 aliphatic carbocycles. The highest BCUT2D eigenvalue weighted by atomic mass is 16.6. The van der Waals surface area contributed by atoms with Gasteiger partial charge < -0.3 is 24.8 Å². The van der Waals surface area contributed by atoms with Crippen LogP contribution in [0.2, 0.25) is 0 Å². The van der Waals surface area contributed by atoms with Crippen LogP contribution in [-0.4, -0.2) is 62.7 Å². The second-order valence-electron chi connectivity index (χ2n) is 10.9. The van der Waals surface area contributed by atoms with Gasteiger partial charge >= 0.3 is 6.09 Å². The lowest BCUT2D eigenvalue weighted by Crippen LogP contribution is -2.54. The molecule has 3 heterocycles. The molecule has 3 aliphatic rings. The number of rotatable bonds is 4. The van der Waals surface area contributed by atoms with Gasteiger partial charge in [0.15, 0.2) is 0 Å². The van der Waals surface area contributed by atoms with Crippen LogP contribution in [0.15, 0.2) is 12.5 Å². The molecule has 5 rings (SSSR count). The van der Waals surface area contributed by atoms with E-state index in [0.29, 0.717) is 25.6 Å². The predicted molar refractivity (Wildman–Crippen MR) is 125 cm³/mol. The van der Waals surface area contributed by atoms with Gasteiger partial charge in [0.2, 0.25) is 5.91 Å². The number of nitrogens with zero attached hydrogens (tertiary/aromatic N) is 5. The maximum absolute atomic E-state index is 12.6. The van der Waals surface area contributed by atoms with Gasteiger partial charge in [-0.2, -0.15) is 0 Å². The average Bonchev–Trinajstić information content (AvgIpc) is 3.47. The van der Waals surface area contributed by atoms with E-state index in [2.05, 4.69) is 27.6 Å². The van der Waals surface area contributed by atoms with E-state index >= 15 is 0 Å². The molecule has 1 saturated heterocycles. The molecule has 33 heavy (non-hydrogen) atoms. The van der Waals surface area contributed by atoms with Crippen LogP contribution < -0.4 is 10.6 Å². The molecule has 2 N–H and O–H groups in total. The van der Waals surface area contributed by atoms with E-state index < -0.39 is 5.60 Å². The molecule has 9 nitrogen and oxygen atoms in total. The Balaban J connectivity index is 1.42. The molecule has 1 atom stereocenters. The summed E-state index contributed by atoms with van der Waals surface area (Å²) in [5, 5.41) is 1.13. The van der Waals surface area contributed by atoms with Crippen LogP contribution in [0.3, 0.4) is 0 Å². The monoisotopic (exact) mass is 454 g/mol. The zero-order valence-electron chi connectivity index (χ0n) is 20.0. The molecular weight excluding hydrogens is 420 g/mol. The molecule has 1 aliphatic heterocycles. The molecular formula is C24H34N6O3. The zero-order chi connectivity index (χ0) is 23.5. The van der Waals surface area contributed by atoms with E-state index in [0.717, 1.165) is 29.7 Å². The number of aromatic nitrogens is 3. The van der Waals surface area contributed by atoms with Gasteiger partial charge in [-0.15, -0.1) is 0 Å². The first-order valence-corrected chi connectivity index (χ1v) is 12.0. The van der Waals surface area contributed by atoms with Gasteiger partial charge in [-0.1, -0.05) is 0 Å². The van der Waals surface area contributed by atoms with Crippen molar-refractivity contribution >= 4 is 28.9 Å². The van der Waals surface area contributed by atoms with E-state index in [1.807, 2.05) is 20.8 Å². The Hall–Kier alpha value is -2.84. The number of nitrogens with two attached hydrogens (primary N) is 1. The maximum atomic E-state index is 12.6. The standard InChI is InChI=1S/C24H34N6O3/c1-14-11-28(23(32)33-24(2,3)4)7-8-29(14)21-19-18(15-5-6-15)12-30(22(19)27-13-26-21)17-9-16(10-17)20(25)31/h12-17H,5-11H2,1-4H3,(H2,25,31). The number of anilines is 1. The lowest BCUT2D eigenvalue weighted by Gasteiger charge is -2.41. The van der Waals surface area contributed by atoms with Gasteiger partial charge in [0.1, 0.15) is 23.4 Å². The number of ether oxygens (including phenoxy) is 1. The number of hydrogen-bond acceptors (Lipinski definition) is 6. The molecule has 0 spiro atoms. The summed E-state index contributed by atoms with van der Waals surface area (Å²) in [5.74, 6) is 1.24. The largest absolute Gasteiger partial charge is 0.444 e. The van der Waals surface area contributed by atoms with Crippen molar-refractivity contribution in [3.63, 3.8) is 0 Å². The van der Waals surface area contributed by atoms with Gasteiger partial charge in [-0.25, -0.2) is 14.8 Å². The third-order valence-corrected chi connectivity index (χ3v) is 7.10. The molecule has 9 heteroatoms. The van der Waals surface area contributed by atoms with Crippen molar-refractivity contribution in [2.45, 2.75) is 77.0 Å². The van der Waals surface area contributed by atoms with Crippen LogP contribution in [0.1, 0.15) is 70.9 Å². The number of amides is 2. The van der Waals surface area contributed by atoms with E-state index in [-0.39, 0.29) is 30.0 Å². The zero-order valence-corrected chi connectivity index (χ0v) is 20.0. The van der Waals surface area contributed by atoms with Gasteiger partial charge in [-0.3, -0.25) is 4.79 Å². The molecule has 0 radical (unpaired) electrons. The van der Waals surface area contributed by atoms with Gasteiger partial charge in [0.05, 0.1) is 5.39 Å². The summed E-state index contributed by atoms with van der Waals surface area (Å²) >= 11 is 0. The summed E-state index contributed by atoms with van der Waals surface area (Å²) in [7, 11) is 0. The second kappa shape index (κ2) is 7.88. The highest BCUT2D eigenvalue weighted by Gasteiger charge is 2.39. The molecule has 3 fully saturated rings. The summed E-state index contributed by atoms with van der Waals surface area (Å²) in [6.07, 6.45) is 7.53. The van der Waals surface area contributed by atoms with Crippen LogP contribution in [-0.2, 0) is 9.53 Å². The molecule has 2 amide bonds. The summed E-state index contributed by atoms with van der Waals surface area (Å²) in [6, 6.07) is 0.351. The van der Waals surface area contributed by atoms with Crippen LogP contribution in [0.25, 0.3) is 11.0 Å². The number of carbonyl (C=O) groups excluding carboxylic acids is 2. The Morgan fingerprint density at radius 3 is 2.48 bits per heavy atom.